The predicted molar refractivity (Wildman–Crippen MR) is 27.4 cm³/mol. The van der Waals surface area contributed by atoms with E-state index in [-0.39, 0.29) is 0 Å². The molecule has 1 aliphatic carbocycles. The Balaban J connectivity index is 2.00. The molecule has 1 aliphatic rings. The molecule has 1 rings (SSSR count). The van der Waals surface area contributed by atoms with Crippen LogP contribution >= 0.6 is 0 Å². The molecule has 0 nitrogen and oxygen atoms in total. The Hall–Kier alpha value is 0. The first-order valence-corrected chi connectivity index (χ1v) is 2.82. The van der Waals surface area contributed by atoms with Crippen LogP contribution in [0.3, 0.4) is 0 Å². The lowest BCUT2D eigenvalue weighted by Gasteiger charge is -2.05. The van der Waals surface area contributed by atoms with E-state index in [1.54, 1.807) is 0 Å². The van der Waals surface area contributed by atoms with E-state index >= 15 is 0 Å². The summed E-state index contributed by atoms with van der Waals surface area (Å²) in [7, 11) is 0. The standard InChI is InChI=1S/C6H11/c1-2-4-6-5-3-1/h1H,2-6H2/i1+0. The minimum absolute atomic E-state index is 1.38. The number of rotatable bonds is 0. The Labute approximate surface area is 39.6 Å². The van der Waals surface area contributed by atoms with Crippen molar-refractivity contribution in [1.82, 2.24) is 0 Å². The second-order valence-electron chi connectivity index (χ2n) is 1.93. The fourth-order valence-corrected chi connectivity index (χ4v) is 0.898. The maximum Gasteiger partial charge on any atom is -0.0386 e. The summed E-state index contributed by atoms with van der Waals surface area (Å²) in [6.07, 6.45) is 9.50. The highest BCUT2D eigenvalue weighted by atomic mass is 14.0. The molecule has 0 amide bonds. The van der Waals surface area contributed by atoms with E-state index in [1.807, 2.05) is 0 Å². The second-order valence-corrected chi connectivity index (χ2v) is 1.93. The van der Waals surface area contributed by atoms with Gasteiger partial charge in [0.2, 0.25) is 0 Å². The van der Waals surface area contributed by atoms with E-state index in [1.165, 1.54) is 32.1 Å². The summed E-state index contributed by atoms with van der Waals surface area (Å²) in [6, 6.07) is 0. The normalized spacial score (nSPS) is 24.0. The number of hydrogen-bond acceptors (Lipinski definition) is 0. The quantitative estimate of drug-likeness (QED) is 0.421. The molecule has 0 aromatic carbocycles. The Bertz CT molecular complexity index is 15.5. The summed E-state index contributed by atoms with van der Waals surface area (Å²) < 4.78 is 0. The van der Waals surface area contributed by atoms with Gasteiger partial charge < -0.3 is 0 Å². The first-order valence-electron chi connectivity index (χ1n) is 2.82. The zero-order valence-corrected chi connectivity index (χ0v) is 4.11. The molecule has 1 fully saturated rings. The molecule has 0 bridgehead atoms. The third-order valence-corrected chi connectivity index (χ3v) is 1.32. The van der Waals surface area contributed by atoms with Crippen molar-refractivity contribution in [3.8, 4) is 0 Å². The average Bonchev–Trinajstić information content (AvgIpc) is 1.72. The van der Waals surface area contributed by atoms with E-state index in [0.717, 1.165) is 0 Å². The average molecular weight is 83.1 g/mol. The van der Waals surface area contributed by atoms with Crippen molar-refractivity contribution in [3.63, 3.8) is 0 Å². The van der Waals surface area contributed by atoms with Crippen molar-refractivity contribution in [2.45, 2.75) is 32.1 Å². The Morgan fingerprint density at radius 1 is 0.833 bits per heavy atom. The van der Waals surface area contributed by atoms with Crippen molar-refractivity contribution in [3.05, 3.63) is 6.42 Å². The molecule has 0 heterocycles. The van der Waals surface area contributed by atoms with Gasteiger partial charge in [0.15, 0.2) is 0 Å². The summed E-state index contributed by atoms with van der Waals surface area (Å²) in [4.78, 5) is 0. The summed E-state index contributed by atoms with van der Waals surface area (Å²) in [6.45, 7) is 0. The minimum Gasteiger partial charge on any atom is -0.0533 e. The SMILES string of the molecule is C1CC[12CH]CC1. The van der Waals surface area contributed by atoms with Gasteiger partial charge in [-0.15, -0.1) is 0 Å². The van der Waals surface area contributed by atoms with Gasteiger partial charge in [-0.3, -0.25) is 0 Å². The van der Waals surface area contributed by atoms with Gasteiger partial charge in [0.25, 0.3) is 0 Å². The Kier molecular flexibility index (Phi) is 1.54. The molecule has 0 spiro atoms. The molecule has 0 heteroatoms. The molecule has 0 unspecified atom stereocenters. The van der Waals surface area contributed by atoms with Gasteiger partial charge >= 0.3 is 0 Å². The zero-order valence-electron chi connectivity index (χ0n) is 4.11. The fourth-order valence-electron chi connectivity index (χ4n) is 0.898. The van der Waals surface area contributed by atoms with Crippen LogP contribution in [0.25, 0.3) is 0 Å². The van der Waals surface area contributed by atoms with Gasteiger partial charge in [0, 0.05) is 0 Å². The van der Waals surface area contributed by atoms with Gasteiger partial charge in [0.05, 0.1) is 0 Å². The van der Waals surface area contributed by atoms with Crippen molar-refractivity contribution < 1.29 is 0 Å². The molecule has 1 saturated carbocycles. The van der Waals surface area contributed by atoms with Crippen molar-refractivity contribution in [2.24, 2.45) is 0 Å². The summed E-state index contributed by atoms with van der Waals surface area (Å²) in [5.41, 5.74) is 0. The molecule has 35 valence electrons. The Morgan fingerprint density at radius 2 is 1.50 bits per heavy atom. The van der Waals surface area contributed by atoms with Crippen molar-refractivity contribution in [2.75, 3.05) is 0 Å². The highest BCUT2D eigenvalue weighted by Gasteiger charge is 1.95. The molecule has 0 aliphatic heterocycles. The maximum atomic E-state index is 2.39. The molecule has 0 atom stereocenters. The Morgan fingerprint density at radius 3 is 1.67 bits per heavy atom. The predicted octanol–water partition coefficient (Wildman–Crippen LogP) is 2.15. The molecular weight excluding hydrogens is 72.1 g/mol. The molecule has 6 heavy (non-hydrogen) atoms. The highest BCUT2D eigenvalue weighted by Crippen LogP contribution is 2.14. The highest BCUT2D eigenvalue weighted by molar-refractivity contribution is 4.69. The largest absolute Gasteiger partial charge is 0.0533 e. The topological polar surface area (TPSA) is 0 Å². The summed E-state index contributed by atoms with van der Waals surface area (Å²) >= 11 is 0. The van der Waals surface area contributed by atoms with Crippen LogP contribution in [0.1, 0.15) is 32.1 Å². The lowest BCUT2D eigenvalue weighted by molar-refractivity contribution is 0.593. The van der Waals surface area contributed by atoms with Crippen LogP contribution < -0.4 is 0 Å². The van der Waals surface area contributed by atoms with Crippen LogP contribution in [-0.4, -0.2) is 0 Å². The van der Waals surface area contributed by atoms with Crippen LogP contribution in [0.4, 0.5) is 0 Å². The lowest BCUT2D eigenvalue weighted by Crippen LogP contribution is -1.87. The van der Waals surface area contributed by atoms with E-state index in [0.29, 0.717) is 0 Å². The van der Waals surface area contributed by atoms with E-state index < -0.39 is 0 Å². The molecule has 0 aromatic rings. The van der Waals surface area contributed by atoms with Crippen LogP contribution in [0.2, 0.25) is 0 Å². The smallest absolute Gasteiger partial charge is 0.0386 e. The van der Waals surface area contributed by atoms with E-state index in [4.69, 9.17) is 0 Å². The van der Waals surface area contributed by atoms with Crippen LogP contribution in [-0.2, 0) is 0 Å². The van der Waals surface area contributed by atoms with Crippen molar-refractivity contribution >= 4 is 0 Å². The van der Waals surface area contributed by atoms with Gasteiger partial charge in [-0.1, -0.05) is 32.1 Å². The molecule has 0 aromatic heterocycles. The maximum absolute atomic E-state index is 2.39. The first kappa shape index (κ1) is 4.17. The third-order valence-electron chi connectivity index (χ3n) is 1.32. The minimum atomic E-state index is 1.38. The fraction of sp³-hybridized carbons (Fsp3) is 0.833. The molecular formula is C6H11. The van der Waals surface area contributed by atoms with Crippen LogP contribution in [0.15, 0.2) is 0 Å². The zero-order chi connectivity index (χ0) is 4.24. The molecule has 0 N–H and O–H groups in total. The lowest BCUT2D eigenvalue weighted by atomic mass is 10.0. The van der Waals surface area contributed by atoms with Crippen molar-refractivity contribution in [1.29, 1.82) is 0 Å². The molecule has 0 saturated heterocycles. The first-order chi connectivity index (χ1) is 3.00. The van der Waals surface area contributed by atoms with Gasteiger partial charge in [-0.25, -0.2) is 0 Å². The van der Waals surface area contributed by atoms with Crippen LogP contribution in [0, 0.1) is 6.42 Å². The number of hydrogen-bond donors (Lipinski definition) is 0. The summed E-state index contributed by atoms with van der Waals surface area (Å²) in [5, 5.41) is 0. The van der Waals surface area contributed by atoms with Gasteiger partial charge in [-0.05, 0) is 6.42 Å². The van der Waals surface area contributed by atoms with E-state index in [2.05, 4.69) is 6.42 Å². The molecule has 1 radical (unpaired) electrons. The monoisotopic (exact) mass is 83.1 g/mol. The van der Waals surface area contributed by atoms with E-state index in [9.17, 15) is 0 Å². The third kappa shape index (κ3) is 1.00. The van der Waals surface area contributed by atoms with Gasteiger partial charge in [0.1, 0.15) is 0 Å². The van der Waals surface area contributed by atoms with Gasteiger partial charge in [-0.2, -0.15) is 0 Å². The van der Waals surface area contributed by atoms with Crippen LogP contribution in [0.5, 0.6) is 0 Å². The second kappa shape index (κ2) is 2.22. The summed E-state index contributed by atoms with van der Waals surface area (Å²) in [5.74, 6) is 0.